The van der Waals surface area contributed by atoms with Crippen molar-refractivity contribution in [3.05, 3.63) is 0 Å². The molecule has 0 aliphatic carbocycles. The molecule has 0 amide bonds. The van der Waals surface area contributed by atoms with Crippen molar-refractivity contribution in [2.45, 2.75) is 12.6 Å². The lowest BCUT2D eigenvalue weighted by Gasteiger charge is -2.11. The first-order chi connectivity index (χ1) is 4.43. The van der Waals surface area contributed by atoms with Crippen molar-refractivity contribution in [2.24, 2.45) is 0 Å². The van der Waals surface area contributed by atoms with Crippen LogP contribution < -0.4 is 10.6 Å². The number of nitrogens with one attached hydrogen (secondary N) is 2. The first kappa shape index (κ1) is 6.99. The summed E-state index contributed by atoms with van der Waals surface area (Å²) >= 11 is 0. The Kier molecular flexibility index (Phi) is 2.97. The maximum Gasteiger partial charge on any atom is 0.109 e. The van der Waals surface area contributed by atoms with E-state index in [-0.39, 0.29) is 6.23 Å². The molecule has 1 aliphatic heterocycles. The Labute approximate surface area is 55.8 Å². The Balaban J connectivity index is 2.18. The molecule has 2 N–H and O–H groups in total. The lowest BCUT2D eigenvalue weighted by atomic mass is 10.4. The number of hydrogen-bond acceptors (Lipinski definition) is 3. The first-order valence-corrected chi connectivity index (χ1v) is 3.43. The van der Waals surface area contributed by atoms with Crippen molar-refractivity contribution < 1.29 is 4.74 Å². The Morgan fingerprint density at radius 2 is 2.44 bits per heavy atom. The normalized spacial score (nSPS) is 29.7. The largest absolute Gasteiger partial charge is 0.362 e. The highest BCUT2D eigenvalue weighted by Gasteiger charge is 2.07. The molecule has 9 heavy (non-hydrogen) atoms. The zero-order chi connectivity index (χ0) is 6.53. The lowest BCUT2D eigenvalue weighted by Crippen LogP contribution is -2.28. The number of rotatable bonds is 1. The fourth-order valence-corrected chi connectivity index (χ4v) is 0.943. The fraction of sp³-hybridized carbons (Fsp3) is 1.00. The van der Waals surface area contributed by atoms with E-state index in [0.717, 1.165) is 26.1 Å². The SMILES string of the molecule is CNC1CCNCCO1. The molecule has 1 atom stereocenters. The molecule has 1 aliphatic rings. The van der Waals surface area contributed by atoms with Gasteiger partial charge >= 0.3 is 0 Å². The molecular formula is C6H14N2O. The Morgan fingerprint density at radius 3 is 3.22 bits per heavy atom. The van der Waals surface area contributed by atoms with Gasteiger partial charge in [0.05, 0.1) is 6.61 Å². The van der Waals surface area contributed by atoms with Crippen LogP contribution in [0.25, 0.3) is 0 Å². The summed E-state index contributed by atoms with van der Waals surface area (Å²) in [4.78, 5) is 0. The van der Waals surface area contributed by atoms with Crippen LogP contribution in [0.3, 0.4) is 0 Å². The molecule has 1 fully saturated rings. The minimum atomic E-state index is 0.264. The first-order valence-electron chi connectivity index (χ1n) is 3.43. The van der Waals surface area contributed by atoms with E-state index in [1.807, 2.05) is 7.05 Å². The predicted molar refractivity (Wildman–Crippen MR) is 36.3 cm³/mol. The van der Waals surface area contributed by atoms with Crippen molar-refractivity contribution in [1.82, 2.24) is 10.6 Å². The average Bonchev–Trinajstić information content (AvgIpc) is 2.13. The number of ether oxygens (including phenoxy) is 1. The third-order valence-electron chi connectivity index (χ3n) is 1.50. The van der Waals surface area contributed by atoms with Crippen LogP contribution in [0.1, 0.15) is 6.42 Å². The van der Waals surface area contributed by atoms with Gasteiger partial charge in [0.1, 0.15) is 6.23 Å². The molecule has 1 rings (SSSR count). The highest BCUT2D eigenvalue weighted by molar-refractivity contribution is 4.59. The monoisotopic (exact) mass is 130 g/mol. The summed E-state index contributed by atoms with van der Waals surface area (Å²) in [5, 5.41) is 6.33. The van der Waals surface area contributed by atoms with Gasteiger partial charge in [0, 0.05) is 6.54 Å². The minimum absolute atomic E-state index is 0.264. The summed E-state index contributed by atoms with van der Waals surface area (Å²) < 4.78 is 5.38. The van der Waals surface area contributed by atoms with Gasteiger partial charge in [0.15, 0.2) is 0 Å². The molecule has 3 heteroatoms. The van der Waals surface area contributed by atoms with Gasteiger partial charge in [0.2, 0.25) is 0 Å². The summed E-state index contributed by atoms with van der Waals surface area (Å²) in [6, 6.07) is 0. The van der Waals surface area contributed by atoms with Crippen molar-refractivity contribution in [2.75, 3.05) is 26.7 Å². The maximum atomic E-state index is 5.38. The Bertz CT molecular complexity index is 69.5. The topological polar surface area (TPSA) is 33.3 Å². The molecule has 1 unspecified atom stereocenters. The summed E-state index contributed by atoms with van der Waals surface area (Å²) in [5.41, 5.74) is 0. The molecule has 0 bridgehead atoms. The zero-order valence-corrected chi connectivity index (χ0v) is 5.81. The lowest BCUT2D eigenvalue weighted by molar-refractivity contribution is 0.0460. The van der Waals surface area contributed by atoms with Gasteiger partial charge in [-0.1, -0.05) is 0 Å². The standard InChI is InChI=1S/C6H14N2O/c1-7-6-2-3-8-4-5-9-6/h6-8H,2-5H2,1H3. The van der Waals surface area contributed by atoms with Crippen LogP contribution in [0, 0.1) is 0 Å². The van der Waals surface area contributed by atoms with E-state index in [0.29, 0.717) is 0 Å². The Hall–Kier alpha value is -0.120. The summed E-state index contributed by atoms with van der Waals surface area (Å²) in [6.07, 6.45) is 1.33. The second-order valence-electron chi connectivity index (χ2n) is 2.19. The molecule has 3 nitrogen and oxygen atoms in total. The quantitative estimate of drug-likeness (QED) is 0.504. The highest BCUT2D eigenvalue weighted by atomic mass is 16.5. The van der Waals surface area contributed by atoms with E-state index in [1.54, 1.807) is 0 Å². The van der Waals surface area contributed by atoms with Gasteiger partial charge in [-0.15, -0.1) is 0 Å². The molecule has 1 saturated heterocycles. The molecule has 0 spiro atoms. The van der Waals surface area contributed by atoms with Crippen LogP contribution in [0.4, 0.5) is 0 Å². The molecule has 0 aromatic carbocycles. The van der Waals surface area contributed by atoms with E-state index in [9.17, 15) is 0 Å². The molecule has 1 heterocycles. The molecule has 0 aromatic heterocycles. The second-order valence-corrected chi connectivity index (χ2v) is 2.19. The van der Waals surface area contributed by atoms with Crippen molar-refractivity contribution >= 4 is 0 Å². The van der Waals surface area contributed by atoms with Crippen LogP contribution >= 0.6 is 0 Å². The highest BCUT2D eigenvalue weighted by Crippen LogP contribution is 1.94. The number of hydrogen-bond donors (Lipinski definition) is 2. The van der Waals surface area contributed by atoms with E-state index in [2.05, 4.69) is 10.6 Å². The summed E-state index contributed by atoms with van der Waals surface area (Å²) in [5.74, 6) is 0. The third kappa shape index (κ3) is 2.30. The smallest absolute Gasteiger partial charge is 0.109 e. The summed E-state index contributed by atoms with van der Waals surface area (Å²) in [7, 11) is 1.93. The van der Waals surface area contributed by atoms with E-state index < -0.39 is 0 Å². The van der Waals surface area contributed by atoms with Gasteiger partial charge in [-0.05, 0) is 20.0 Å². The van der Waals surface area contributed by atoms with E-state index in [4.69, 9.17) is 4.74 Å². The zero-order valence-electron chi connectivity index (χ0n) is 5.81. The molecule has 0 saturated carbocycles. The summed E-state index contributed by atoms with van der Waals surface area (Å²) in [6.45, 7) is 2.87. The molecule has 0 aromatic rings. The van der Waals surface area contributed by atoms with Crippen molar-refractivity contribution in [1.29, 1.82) is 0 Å². The minimum Gasteiger partial charge on any atom is -0.362 e. The van der Waals surface area contributed by atoms with Gasteiger partial charge in [-0.2, -0.15) is 0 Å². The maximum absolute atomic E-state index is 5.38. The van der Waals surface area contributed by atoms with Gasteiger partial charge in [-0.25, -0.2) is 0 Å². The van der Waals surface area contributed by atoms with Crippen LogP contribution in [0.15, 0.2) is 0 Å². The predicted octanol–water partition coefficient (Wildman–Crippen LogP) is -0.458. The molecule has 54 valence electrons. The average molecular weight is 130 g/mol. The molecule has 0 radical (unpaired) electrons. The van der Waals surface area contributed by atoms with Gasteiger partial charge in [0.25, 0.3) is 0 Å². The van der Waals surface area contributed by atoms with Crippen LogP contribution in [-0.4, -0.2) is 33.0 Å². The fourth-order valence-electron chi connectivity index (χ4n) is 0.943. The van der Waals surface area contributed by atoms with Gasteiger partial charge < -0.3 is 10.1 Å². The second kappa shape index (κ2) is 3.82. The van der Waals surface area contributed by atoms with Crippen LogP contribution in [0.5, 0.6) is 0 Å². The van der Waals surface area contributed by atoms with E-state index >= 15 is 0 Å². The van der Waals surface area contributed by atoms with Gasteiger partial charge in [-0.3, -0.25) is 5.32 Å². The van der Waals surface area contributed by atoms with Crippen molar-refractivity contribution in [3.63, 3.8) is 0 Å². The van der Waals surface area contributed by atoms with Crippen molar-refractivity contribution in [3.8, 4) is 0 Å². The van der Waals surface area contributed by atoms with Crippen LogP contribution in [-0.2, 0) is 4.74 Å². The Morgan fingerprint density at radius 1 is 1.56 bits per heavy atom. The van der Waals surface area contributed by atoms with Crippen LogP contribution in [0.2, 0.25) is 0 Å². The third-order valence-corrected chi connectivity index (χ3v) is 1.50. The van der Waals surface area contributed by atoms with E-state index in [1.165, 1.54) is 0 Å². The molecular weight excluding hydrogens is 116 g/mol.